The summed E-state index contributed by atoms with van der Waals surface area (Å²) in [7, 11) is 0. The third kappa shape index (κ3) is 5.40. The van der Waals surface area contributed by atoms with Crippen LogP contribution >= 0.6 is 12.2 Å². The number of hydrogen-bond acceptors (Lipinski definition) is 2. The molecule has 2 atom stereocenters. The van der Waals surface area contributed by atoms with Crippen molar-refractivity contribution in [2.24, 2.45) is 0 Å². The number of Topliss-reactive ketones (excluding diaryl/α,β-unsaturated/α-hetero) is 1. The molecule has 4 heteroatoms. The van der Waals surface area contributed by atoms with Gasteiger partial charge in [0.2, 0.25) is 0 Å². The van der Waals surface area contributed by atoms with E-state index in [4.69, 9.17) is 12.2 Å². The van der Waals surface area contributed by atoms with Crippen molar-refractivity contribution in [3.8, 4) is 0 Å². The lowest BCUT2D eigenvalue weighted by atomic mass is 9.96. The fourth-order valence-electron chi connectivity index (χ4n) is 2.58. The molecule has 0 heterocycles. The summed E-state index contributed by atoms with van der Waals surface area (Å²) < 4.78 is 0. The van der Waals surface area contributed by atoms with Gasteiger partial charge in [0, 0.05) is 11.3 Å². The molecule has 0 fully saturated rings. The standard InChI is InChI=1S/C21H26N2OS/c1-5-14(2)17-6-8-18(9-7-17)15(3)22-21(25)23-20-12-10-19(11-13-20)16(4)24/h6-15H,5H2,1-4H3,(H2,22,23,25). The van der Waals surface area contributed by atoms with Gasteiger partial charge in [0.05, 0.1) is 6.04 Å². The van der Waals surface area contributed by atoms with Gasteiger partial charge in [0.15, 0.2) is 10.9 Å². The SMILES string of the molecule is CCC(C)c1ccc(C(C)NC(=S)Nc2ccc(C(C)=O)cc2)cc1. The van der Waals surface area contributed by atoms with Crippen LogP contribution in [-0.2, 0) is 0 Å². The lowest BCUT2D eigenvalue weighted by Gasteiger charge is -2.18. The maximum absolute atomic E-state index is 11.3. The normalized spacial score (nSPS) is 13.0. The highest BCUT2D eigenvalue weighted by Gasteiger charge is 2.09. The second-order valence-corrected chi connectivity index (χ2v) is 6.84. The highest BCUT2D eigenvalue weighted by Crippen LogP contribution is 2.21. The van der Waals surface area contributed by atoms with Gasteiger partial charge < -0.3 is 10.6 Å². The van der Waals surface area contributed by atoms with Crippen LogP contribution < -0.4 is 10.6 Å². The van der Waals surface area contributed by atoms with Crippen LogP contribution in [0.1, 0.15) is 67.6 Å². The quantitative estimate of drug-likeness (QED) is 0.534. The monoisotopic (exact) mass is 354 g/mol. The predicted molar refractivity (Wildman–Crippen MR) is 109 cm³/mol. The molecule has 132 valence electrons. The summed E-state index contributed by atoms with van der Waals surface area (Å²) in [4.78, 5) is 11.3. The van der Waals surface area contributed by atoms with Crippen LogP contribution in [0.5, 0.6) is 0 Å². The Morgan fingerprint density at radius 3 is 2.08 bits per heavy atom. The van der Waals surface area contributed by atoms with Crippen LogP contribution in [0.25, 0.3) is 0 Å². The van der Waals surface area contributed by atoms with E-state index in [1.54, 1.807) is 19.1 Å². The number of rotatable bonds is 6. The Labute approximate surface area is 155 Å². The van der Waals surface area contributed by atoms with Crippen LogP contribution in [0.15, 0.2) is 48.5 Å². The number of hydrogen-bond donors (Lipinski definition) is 2. The molecule has 0 radical (unpaired) electrons. The summed E-state index contributed by atoms with van der Waals surface area (Å²) in [5, 5.41) is 7.02. The van der Waals surface area contributed by atoms with Crippen LogP contribution in [0, 0.1) is 0 Å². The highest BCUT2D eigenvalue weighted by molar-refractivity contribution is 7.80. The largest absolute Gasteiger partial charge is 0.356 e. The number of thiocarbonyl (C=S) groups is 1. The first-order valence-electron chi connectivity index (χ1n) is 8.69. The van der Waals surface area contributed by atoms with E-state index < -0.39 is 0 Å². The summed E-state index contributed by atoms with van der Waals surface area (Å²) in [5.74, 6) is 0.639. The molecular formula is C21H26N2OS. The smallest absolute Gasteiger partial charge is 0.171 e. The fraction of sp³-hybridized carbons (Fsp3) is 0.333. The molecule has 0 saturated heterocycles. The minimum Gasteiger partial charge on any atom is -0.356 e. The summed E-state index contributed by atoms with van der Waals surface area (Å²) in [6.07, 6.45) is 1.14. The van der Waals surface area contributed by atoms with Gasteiger partial charge in [-0.25, -0.2) is 0 Å². The van der Waals surface area contributed by atoms with Crippen LogP contribution in [0.3, 0.4) is 0 Å². The fourth-order valence-corrected chi connectivity index (χ4v) is 2.88. The molecule has 2 N–H and O–H groups in total. The third-order valence-corrected chi connectivity index (χ3v) is 4.73. The van der Waals surface area contributed by atoms with Gasteiger partial charge in [-0.3, -0.25) is 4.79 Å². The number of anilines is 1. The lowest BCUT2D eigenvalue weighted by Crippen LogP contribution is -2.30. The topological polar surface area (TPSA) is 41.1 Å². The first kappa shape index (κ1) is 19.1. The molecule has 0 spiro atoms. The predicted octanol–water partition coefficient (Wildman–Crippen LogP) is 5.45. The van der Waals surface area contributed by atoms with Crippen molar-refractivity contribution in [3.63, 3.8) is 0 Å². The maximum atomic E-state index is 11.3. The zero-order chi connectivity index (χ0) is 18.4. The Kier molecular flexibility index (Phi) is 6.71. The van der Waals surface area contributed by atoms with Crippen LogP contribution in [0.2, 0.25) is 0 Å². The van der Waals surface area contributed by atoms with E-state index in [0.717, 1.165) is 12.1 Å². The second-order valence-electron chi connectivity index (χ2n) is 6.43. The summed E-state index contributed by atoms with van der Waals surface area (Å²) >= 11 is 5.39. The van der Waals surface area contributed by atoms with Crippen molar-refractivity contribution in [2.45, 2.75) is 46.1 Å². The molecular weight excluding hydrogens is 328 g/mol. The van der Waals surface area contributed by atoms with Crippen molar-refractivity contribution >= 4 is 28.8 Å². The summed E-state index contributed by atoms with van der Waals surface area (Å²) in [5.41, 5.74) is 4.12. The van der Waals surface area contributed by atoms with E-state index in [-0.39, 0.29) is 11.8 Å². The Morgan fingerprint density at radius 2 is 1.56 bits per heavy atom. The number of carbonyl (C=O) groups is 1. The number of nitrogens with one attached hydrogen (secondary N) is 2. The molecule has 3 nitrogen and oxygen atoms in total. The molecule has 2 unspecified atom stereocenters. The number of benzene rings is 2. The highest BCUT2D eigenvalue weighted by atomic mass is 32.1. The van der Waals surface area contributed by atoms with E-state index >= 15 is 0 Å². The van der Waals surface area contributed by atoms with Crippen molar-refractivity contribution in [1.29, 1.82) is 0 Å². The summed E-state index contributed by atoms with van der Waals surface area (Å²) in [6, 6.07) is 16.1. The van der Waals surface area contributed by atoms with Crippen molar-refractivity contribution in [1.82, 2.24) is 5.32 Å². The average Bonchev–Trinajstić information content (AvgIpc) is 2.61. The minimum absolute atomic E-state index is 0.0571. The molecule has 2 rings (SSSR count). The lowest BCUT2D eigenvalue weighted by molar-refractivity contribution is 0.101. The van der Waals surface area contributed by atoms with Gasteiger partial charge in [0.25, 0.3) is 0 Å². The maximum Gasteiger partial charge on any atom is 0.171 e. The molecule has 2 aromatic rings. The Morgan fingerprint density at radius 1 is 1.00 bits per heavy atom. The first-order chi connectivity index (χ1) is 11.9. The van der Waals surface area contributed by atoms with Crippen molar-refractivity contribution < 1.29 is 4.79 Å². The number of ketones is 1. The van der Waals surface area contributed by atoms with Gasteiger partial charge >= 0.3 is 0 Å². The average molecular weight is 355 g/mol. The van der Waals surface area contributed by atoms with E-state index in [1.807, 2.05) is 12.1 Å². The van der Waals surface area contributed by atoms with Gasteiger partial charge in [-0.2, -0.15) is 0 Å². The molecule has 0 aliphatic heterocycles. The number of carbonyl (C=O) groups excluding carboxylic acids is 1. The van der Waals surface area contributed by atoms with Crippen LogP contribution in [-0.4, -0.2) is 10.9 Å². The van der Waals surface area contributed by atoms with Gasteiger partial charge in [-0.1, -0.05) is 38.1 Å². The van der Waals surface area contributed by atoms with E-state index in [0.29, 0.717) is 16.6 Å². The minimum atomic E-state index is 0.0571. The van der Waals surface area contributed by atoms with Crippen molar-refractivity contribution in [3.05, 3.63) is 65.2 Å². The molecule has 0 aromatic heterocycles. The Balaban J connectivity index is 1.94. The van der Waals surface area contributed by atoms with Gasteiger partial charge in [0.1, 0.15) is 0 Å². The zero-order valence-electron chi connectivity index (χ0n) is 15.3. The molecule has 0 bridgehead atoms. The third-order valence-electron chi connectivity index (χ3n) is 4.51. The Hall–Kier alpha value is -2.20. The molecule has 0 aliphatic carbocycles. The Bertz CT molecular complexity index is 723. The van der Waals surface area contributed by atoms with Crippen molar-refractivity contribution in [2.75, 3.05) is 5.32 Å². The van der Waals surface area contributed by atoms with E-state index in [9.17, 15) is 4.79 Å². The zero-order valence-corrected chi connectivity index (χ0v) is 16.1. The second kappa shape index (κ2) is 8.77. The summed E-state index contributed by atoms with van der Waals surface area (Å²) in [6.45, 7) is 8.09. The van der Waals surface area contributed by atoms with Gasteiger partial charge in [-0.15, -0.1) is 0 Å². The first-order valence-corrected chi connectivity index (χ1v) is 9.10. The molecule has 0 amide bonds. The molecule has 2 aromatic carbocycles. The molecule has 0 saturated carbocycles. The van der Waals surface area contributed by atoms with E-state index in [2.05, 4.69) is 55.7 Å². The van der Waals surface area contributed by atoms with Gasteiger partial charge in [-0.05, 0) is 73.8 Å². The molecule has 0 aliphatic rings. The van der Waals surface area contributed by atoms with Crippen LogP contribution in [0.4, 0.5) is 5.69 Å². The van der Waals surface area contributed by atoms with E-state index in [1.165, 1.54) is 11.1 Å². The molecule has 25 heavy (non-hydrogen) atoms.